The number of hydrogen-bond donors (Lipinski definition) is 0. The van der Waals surface area contributed by atoms with Gasteiger partial charge in [-0.1, -0.05) is 93.2 Å². The Labute approximate surface area is 169 Å². The van der Waals surface area contributed by atoms with E-state index in [1.807, 2.05) is 0 Å². The molecule has 1 aliphatic rings. The molecule has 0 amide bonds. The molecule has 0 aromatic rings. The summed E-state index contributed by atoms with van der Waals surface area (Å²) in [5.74, 6) is 0. The van der Waals surface area contributed by atoms with Crippen molar-refractivity contribution in [3.05, 3.63) is 58.7 Å². The minimum Gasteiger partial charge on any atom is -0.377 e. The fourth-order valence-corrected chi connectivity index (χ4v) is 3.61. The van der Waals surface area contributed by atoms with Crippen molar-refractivity contribution in [3.8, 4) is 0 Å². The zero-order valence-electron chi connectivity index (χ0n) is 18.7. The molecule has 1 rings (SSSR count). The van der Waals surface area contributed by atoms with Gasteiger partial charge in [0.15, 0.2) is 0 Å². The number of ether oxygens (including phenoxy) is 1. The Hall–Kier alpha value is -1.34. The molecule has 0 saturated heterocycles. The lowest BCUT2D eigenvalue weighted by atomic mass is 9.72. The number of unbranched alkanes of at least 4 members (excludes halogenated alkanes) is 3. The molecule has 152 valence electrons. The monoisotopic (exact) mass is 370 g/mol. The van der Waals surface area contributed by atoms with Crippen LogP contribution in [0.1, 0.15) is 86.5 Å². The third-order valence-corrected chi connectivity index (χ3v) is 5.44. The number of hydrogen-bond acceptors (Lipinski definition) is 1. The summed E-state index contributed by atoms with van der Waals surface area (Å²) >= 11 is 0. The summed E-state index contributed by atoms with van der Waals surface area (Å²) in [5, 5.41) is 0. The third kappa shape index (κ3) is 9.96. The van der Waals surface area contributed by atoms with Gasteiger partial charge < -0.3 is 4.74 Å². The van der Waals surface area contributed by atoms with Gasteiger partial charge in [0.05, 0.1) is 6.61 Å². The lowest BCUT2D eigenvalue weighted by Gasteiger charge is -2.32. The van der Waals surface area contributed by atoms with E-state index in [1.165, 1.54) is 61.7 Å². The first kappa shape index (κ1) is 23.7. The largest absolute Gasteiger partial charge is 0.377 e. The van der Waals surface area contributed by atoms with Crippen molar-refractivity contribution in [2.45, 2.75) is 86.5 Å². The van der Waals surface area contributed by atoms with Crippen molar-refractivity contribution in [1.82, 2.24) is 0 Å². The van der Waals surface area contributed by atoms with E-state index in [-0.39, 0.29) is 0 Å². The molecule has 0 N–H and O–H groups in total. The van der Waals surface area contributed by atoms with Crippen LogP contribution in [-0.2, 0) is 4.74 Å². The second-order valence-corrected chi connectivity index (χ2v) is 8.62. The van der Waals surface area contributed by atoms with Gasteiger partial charge in [0.25, 0.3) is 0 Å². The molecule has 0 aliphatic heterocycles. The molecule has 27 heavy (non-hydrogen) atoms. The molecule has 0 heterocycles. The van der Waals surface area contributed by atoms with Crippen LogP contribution < -0.4 is 0 Å². The molecule has 1 heteroatoms. The maximum absolute atomic E-state index is 5.67. The molecular weight excluding hydrogens is 328 g/mol. The van der Waals surface area contributed by atoms with E-state index in [1.54, 1.807) is 5.57 Å². The molecule has 0 bridgehead atoms. The minimum absolute atomic E-state index is 0.310. The Morgan fingerprint density at radius 2 is 1.85 bits per heavy atom. The van der Waals surface area contributed by atoms with Crippen LogP contribution in [0.2, 0.25) is 0 Å². The third-order valence-electron chi connectivity index (χ3n) is 5.44. The summed E-state index contributed by atoms with van der Waals surface area (Å²) in [6.45, 7) is 15.2. The second-order valence-electron chi connectivity index (χ2n) is 8.62. The van der Waals surface area contributed by atoms with Crippen molar-refractivity contribution in [3.63, 3.8) is 0 Å². The number of allylic oxidation sites excluding steroid dienone is 9. The lowest BCUT2D eigenvalue weighted by molar-refractivity contribution is 0.157. The SMILES string of the molecule is CCCCCCOCC=C(C)C=CC=C(C)C=CC1=C(C)CCCC1(C)C. The lowest BCUT2D eigenvalue weighted by Crippen LogP contribution is -2.19. The maximum Gasteiger partial charge on any atom is 0.0653 e. The van der Waals surface area contributed by atoms with Crippen LogP contribution >= 0.6 is 0 Å². The van der Waals surface area contributed by atoms with Crippen LogP contribution in [0.25, 0.3) is 0 Å². The Bertz CT molecular complexity index is 581. The fourth-order valence-electron chi connectivity index (χ4n) is 3.61. The van der Waals surface area contributed by atoms with E-state index in [2.05, 4.69) is 78.0 Å². The van der Waals surface area contributed by atoms with Crippen LogP contribution in [0, 0.1) is 5.41 Å². The van der Waals surface area contributed by atoms with E-state index >= 15 is 0 Å². The van der Waals surface area contributed by atoms with Crippen LogP contribution in [-0.4, -0.2) is 13.2 Å². The van der Waals surface area contributed by atoms with Crippen LogP contribution in [0.15, 0.2) is 58.7 Å². The summed E-state index contributed by atoms with van der Waals surface area (Å²) in [4.78, 5) is 0. The highest BCUT2D eigenvalue weighted by atomic mass is 16.5. The zero-order chi connectivity index (χ0) is 20.1. The topological polar surface area (TPSA) is 9.23 Å². The van der Waals surface area contributed by atoms with E-state index in [9.17, 15) is 0 Å². The zero-order valence-corrected chi connectivity index (χ0v) is 18.7. The molecule has 0 aromatic carbocycles. The second kappa shape index (κ2) is 12.9. The molecule has 0 radical (unpaired) electrons. The molecule has 0 aromatic heterocycles. The van der Waals surface area contributed by atoms with Gasteiger partial charge in [-0.05, 0) is 57.4 Å². The summed E-state index contributed by atoms with van der Waals surface area (Å²) in [5.41, 5.74) is 5.93. The van der Waals surface area contributed by atoms with Crippen molar-refractivity contribution < 1.29 is 4.74 Å². The molecule has 1 nitrogen and oxygen atoms in total. The van der Waals surface area contributed by atoms with E-state index < -0.39 is 0 Å². The smallest absolute Gasteiger partial charge is 0.0653 e. The van der Waals surface area contributed by atoms with E-state index in [0.717, 1.165) is 6.61 Å². The van der Waals surface area contributed by atoms with Gasteiger partial charge in [-0.15, -0.1) is 0 Å². The van der Waals surface area contributed by atoms with Gasteiger partial charge in [-0.3, -0.25) is 0 Å². The molecule has 0 atom stereocenters. The van der Waals surface area contributed by atoms with Gasteiger partial charge in [0.1, 0.15) is 0 Å². The standard InChI is InChI=1S/C26H42O/c1-7-8-9-10-20-27-21-18-23(3)14-11-13-22(2)16-17-25-24(4)15-12-19-26(25,5)6/h11,13-14,16-18H,7-10,12,15,19-21H2,1-6H3. The van der Waals surface area contributed by atoms with Crippen molar-refractivity contribution >= 4 is 0 Å². The molecule has 0 fully saturated rings. The molecular formula is C26H42O. The van der Waals surface area contributed by atoms with Crippen LogP contribution in [0.3, 0.4) is 0 Å². The Kier molecular flexibility index (Phi) is 11.4. The van der Waals surface area contributed by atoms with Gasteiger partial charge >= 0.3 is 0 Å². The van der Waals surface area contributed by atoms with Crippen LogP contribution in [0.4, 0.5) is 0 Å². The summed E-state index contributed by atoms with van der Waals surface area (Å²) in [6, 6.07) is 0. The van der Waals surface area contributed by atoms with Crippen molar-refractivity contribution in [1.29, 1.82) is 0 Å². The van der Waals surface area contributed by atoms with Gasteiger partial charge in [0.2, 0.25) is 0 Å². The molecule has 0 saturated carbocycles. The highest BCUT2D eigenvalue weighted by Crippen LogP contribution is 2.40. The van der Waals surface area contributed by atoms with E-state index in [4.69, 9.17) is 4.74 Å². The van der Waals surface area contributed by atoms with Crippen molar-refractivity contribution in [2.75, 3.05) is 13.2 Å². The highest BCUT2D eigenvalue weighted by molar-refractivity contribution is 5.37. The maximum atomic E-state index is 5.67. The predicted octanol–water partition coefficient (Wildman–Crippen LogP) is 8.11. The van der Waals surface area contributed by atoms with Crippen molar-refractivity contribution in [2.24, 2.45) is 5.41 Å². The van der Waals surface area contributed by atoms with E-state index in [0.29, 0.717) is 12.0 Å². The first-order valence-electron chi connectivity index (χ1n) is 10.8. The first-order valence-corrected chi connectivity index (χ1v) is 10.8. The molecule has 0 unspecified atom stereocenters. The van der Waals surface area contributed by atoms with Crippen LogP contribution in [0.5, 0.6) is 0 Å². The minimum atomic E-state index is 0.310. The van der Waals surface area contributed by atoms with Gasteiger partial charge in [0, 0.05) is 6.61 Å². The molecule has 0 spiro atoms. The van der Waals surface area contributed by atoms with Gasteiger partial charge in [-0.2, -0.15) is 0 Å². The Morgan fingerprint density at radius 3 is 2.56 bits per heavy atom. The summed E-state index contributed by atoms with van der Waals surface area (Å²) in [6.07, 6.45) is 22.2. The Morgan fingerprint density at radius 1 is 1.07 bits per heavy atom. The average molecular weight is 371 g/mol. The quantitative estimate of drug-likeness (QED) is 0.263. The summed E-state index contributed by atoms with van der Waals surface area (Å²) in [7, 11) is 0. The first-order chi connectivity index (χ1) is 12.9. The summed E-state index contributed by atoms with van der Waals surface area (Å²) < 4.78 is 5.67. The number of rotatable bonds is 11. The Balaban J connectivity index is 2.45. The fraction of sp³-hybridized carbons (Fsp3) is 0.615. The van der Waals surface area contributed by atoms with Gasteiger partial charge in [-0.25, -0.2) is 0 Å². The predicted molar refractivity (Wildman–Crippen MR) is 121 cm³/mol. The highest BCUT2D eigenvalue weighted by Gasteiger charge is 2.26. The average Bonchev–Trinajstić information content (AvgIpc) is 2.60. The normalized spacial score (nSPS) is 18.9. The molecule has 1 aliphatic carbocycles.